The van der Waals surface area contributed by atoms with Crippen LogP contribution >= 0.6 is 0 Å². The van der Waals surface area contributed by atoms with Crippen LogP contribution in [-0.4, -0.2) is 66.3 Å². The molecule has 0 saturated heterocycles. The molecule has 1 atom stereocenters. The van der Waals surface area contributed by atoms with E-state index in [1.54, 1.807) is 6.07 Å². The Morgan fingerprint density at radius 3 is 1.79 bits per heavy atom. The predicted molar refractivity (Wildman–Crippen MR) is 155 cm³/mol. The van der Waals surface area contributed by atoms with Gasteiger partial charge >= 0.3 is 0 Å². The fraction of sp³-hybridized carbons (Fsp3) is 0.344. The van der Waals surface area contributed by atoms with Crippen molar-refractivity contribution in [1.82, 2.24) is 4.98 Å². The van der Waals surface area contributed by atoms with Gasteiger partial charge in [0.1, 0.15) is 28.4 Å². The van der Waals surface area contributed by atoms with Crippen LogP contribution in [0.15, 0.2) is 18.2 Å². The fourth-order valence-electron chi connectivity index (χ4n) is 6.88. The quantitative estimate of drug-likeness (QED) is 0.279. The minimum Gasteiger partial charge on any atom is -0.496 e. The van der Waals surface area contributed by atoms with Crippen molar-refractivity contribution < 1.29 is 42.7 Å². The monoisotopic (exact) mass is 573 g/mol. The van der Waals surface area contributed by atoms with E-state index in [0.717, 1.165) is 16.6 Å². The first-order valence-corrected chi connectivity index (χ1v) is 13.3. The van der Waals surface area contributed by atoms with Crippen LogP contribution < -0.4 is 33.2 Å². The zero-order chi connectivity index (χ0) is 30.1. The molecule has 218 valence electrons. The Balaban J connectivity index is 1.76. The normalized spacial score (nSPS) is 17.0. The summed E-state index contributed by atoms with van der Waals surface area (Å²) < 4.78 is 40.5. The zero-order valence-corrected chi connectivity index (χ0v) is 24.8. The summed E-state index contributed by atoms with van der Waals surface area (Å²) in [6, 6.07) is 5.57. The van der Waals surface area contributed by atoms with E-state index < -0.39 is 17.0 Å². The fourth-order valence-corrected chi connectivity index (χ4v) is 6.88. The van der Waals surface area contributed by atoms with E-state index in [4.69, 9.17) is 33.2 Å². The van der Waals surface area contributed by atoms with Gasteiger partial charge in [-0.15, -0.1) is 0 Å². The van der Waals surface area contributed by atoms with Crippen molar-refractivity contribution in [1.29, 1.82) is 0 Å². The molecule has 0 amide bonds. The third kappa shape index (κ3) is 3.23. The Bertz CT molecular complexity index is 1840. The van der Waals surface area contributed by atoms with E-state index in [-0.39, 0.29) is 29.0 Å². The lowest BCUT2D eigenvalue weighted by Crippen LogP contribution is -2.36. The van der Waals surface area contributed by atoms with Gasteiger partial charge in [-0.25, -0.2) is 4.98 Å². The van der Waals surface area contributed by atoms with Crippen LogP contribution in [-0.2, 0) is 11.8 Å². The number of carbonyl (C=O) groups is 2. The molecular weight excluding hydrogens is 542 g/mol. The molecule has 1 spiro atoms. The first-order valence-electron chi connectivity index (χ1n) is 13.3. The van der Waals surface area contributed by atoms with Crippen molar-refractivity contribution >= 4 is 33.1 Å². The Morgan fingerprint density at radius 1 is 0.643 bits per heavy atom. The van der Waals surface area contributed by atoms with Crippen LogP contribution in [0.2, 0.25) is 0 Å². The lowest BCUT2D eigenvalue weighted by Gasteiger charge is -2.24. The number of benzene rings is 3. The van der Waals surface area contributed by atoms with Crippen LogP contribution in [0.5, 0.6) is 40.4 Å². The smallest absolute Gasteiger partial charge is 0.225 e. The summed E-state index contributed by atoms with van der Waals surface area (Å²) in [5.41, 5.74) is 0.799. The predicted octanol–water partition coefficient (Wildman–Crippen LogP) is 5.02. The van der Waals surface area contributed by atoms with Gasteiger partial charge in [0.2, 0.25) is 5.88 Å². The molecule has 0 saturated carbocycles. The minimum atomic E-state index is -1.57. The molecular formula is C32H31NO9. The molecule has 0 radical (unpaired) electrons. The van der Waals surface area contributed by atoms with E-state index in [1.807, 2.05) is 19.1 Å². The van der Waals surface area contributed by atoms with Gasteiger partial charge in [-0.3, -0.25) is 9.59 Å². The Morgan fingerprint density at radius 2 is 1.24 bits per heavy atom. The number of fused-ring (bicyclic) bond motifs is 5. The number of ketones is 2. The maximum absolute atomic E-state index is 14.8. The van der Waals surface area contributed by atoms with E-state index in [1.165, 1.54) is 49.8 Å². The Hall–Kier alpha value is -4.73. The summed E-state index contributed by atoms with van der Waals surface area (Å²) in [7, 11) is 10.4. The number of ether oxygens (including phenoxy) is 7. The highest BCUT2D eigenvalue weighted by Crippen LogP contribution is 2.61. The number of aryl methyl sites for hydroxylation is 2. The summed E-state index contributed by atoms with van der Waals surface area (Å²) in [6.07, 6.45) is 0.734. The van der Waals surface area contributed by atoms with Crippen molar-refractivity contribution in [3.8, 4) is 40.4 Å². The average molecular weight is 574 g/mol. The number of Topliss-reactive ketones (excluding diaryl/α,β-unsaturated/α-hetero) is 2. The van der Waals surface area contributed by atoms with Gasteiger partial charge in [-0.2, -0.15) is 0 Å². The summed E-state index contributed by atoms with van der Waals surface area (Å²) in [5.74, 6) is 1.35. The number of rotatable bonds is 7. The number of aromatic nitrogens is 1. The van der Waals surface area contributed by atoms with Crippen molar-refractivity contribution in [3.63, 3.8) is 0 Å². The zero-order valence-electron chi connectivity index (χ0n) is 24.8. The molecule has 2 aliphatic rings. The van der Waals surface area contributed by atoms with E-state index in [0.29, 0.717) is 57.0 Å². The standard InChI is InChI=1S/C32H31NO9/c1-14-11-16-12-15-9-10-32(24(15)28(41-7)19(16)31(33-14)42-8)29(34)22-23(30(32)35)27(40-6)21-20(26(22)39-5)17(36-2)13-18(37-3)25(21)38-4/h11-13H,9-10H2,1-8H3/t32-/m0/s1. The molecule has 42 heavy (non-hydrogen) atoms. The molecule has 10 heteroatoms. The highest BCUT2D eigenvalue weighted by Gasteiger charge is 2.61. The Labute approximate surface area is 242 Å². The maximum atomic E-state index is 14.8. The number of pyridine rings is 1. The molecule has 4 aromatic rings. The highest BCUT2D eigenvalue weighted by molar-refractivity contribution is 6.38. The van der Waals surface area contributed by atoms with Gasteiger partial charge in [0, 0.05) is 17.3 Å². The van der Waals surface area contributed by atoms with Gasteiger partial charge in [0.15, 0.2) is 23.1 Å². The first-order chi connectivity index (χ1) is 20.3. The third-order valence-corrected chi connectivity index (χ3v) is 8.49. The molecule has 2 aliphatic carbocycles. The van der Waals surface area contributed by atoms with Crippen LogP contribution in [0, 0.1) is 6.92 Å². The van der Waals surface area contributed by atoms with Gasteiger partial charge in [0.05, 0.1) is 77.1 Å². The number of carbonyl (C=O) groups excluding carboxylic acids is 2. The second-order valence-electron chi connectivity index (χ2n) is 10.3. The first kappa shape index (κ1) is 27.4. The molecule has 1 heterocycles. The molecule has 3 aromatic carbocycles. The molecule has 0 N–H and O–H groups in total. The summed E-state index contributed by atoms with van der Waals surface area (Å²) in [5, 5.41) is 2.27. The van der Waals surface area contributed by atoms with Crippen LogP contribution in [0.1, 0.15) is 44.0 Å². The highest BCUT2D eigenvalue weighted by atomic mass is 16.5. The maximum Gasteiger partial charge on any atom is 0.225 e. The number of hydrogen-bond acceptors (Lipinski definition) is 10. The van der Waals surface area contributed by atoms with E-state index in [2.05, 4.69) is 4.98 Å². The second kappa shape index (κ2) is 9.68. The molecule has 0 fully saturated rings. The molecule has 1 aromatic heterocycles. The summed E-state index contributed by atoms with van der Waals surface area (Å²) in [6.45, 7) is 1.88. The lowest BCUT2D eigenvalue weighted by molar-refractivity contribution is 0.0790. The molecule has 0 unspecified atom stereocenters. The van der Waals surface area contributed by atoms with Crippen LogP contribution in [0.3, 0.4) is 0 Å². The SMILES string of the molecule is COc1cc(OC)c2c(OC)c3c(c(OC)c2c1OC)C(=O)[C@]1(CCc2cc4cc(C)nc(OC)c4c(OC)c21)C3=O. The average Bonchev–Trinajstić information content (AvgIpc) is 3.49. The second-order valence-corrected chi connectivity index (χ2v) is 10.3. The number of nitrogens with zero attached hydrogens (tertiary/aromatic N) is 1. The van der Waals surface area contributed by atoms with Crippen molar-refractivity contribution in [3.05, 3.63) is 46.1 Å². The third-order valence-electron chi connectivity index (χ3n) is 8.49. The molecule has 6 rings (SSSR count). The van der Waals surface area contributed by atoms with Crippen LogP contribution in [0.25, 0.3) is 21.5 Å². The largest absolute Gasteiger partial charge is 0.496 e. The van der Waals surface area contributed by atoms with Gasteiger partial charge < -0.3 is 33.2 Å². The van der Waals surface area contributed by atoms with Gasteiger partial charge in [0.25, 0.3) is 0 Å². The summed E-state index contributed by atoms with van der Waals surface area (Å²) >= 11 is 0. The summed E-state index contributed by atoms with van der Waals surface area (Å²) in [4.78, 5) is 34.2. The lowest BCUT2D eigenvalue weighted by atomic mass is 9.76. The number of hydrogen-bond donors (Lipinski definition) is 0. The van der Waals surface area contributed by atoms with E-state index in [9.17, 15) is 9.59 Å². The Kier molecular flexibility index (Phi) is 6.32. The topological polar surface area (TPSA) is 112 Å². The molecule has 0 aliphatic heterocycles. The van der Waals surface area contributed by atoms with Gasteiger partial charge in [-0.05, 0) is 36.8 Å². The van der Waals surface area contributed by atoms with Crippen molar-refractivity contribution in [2.45, 2.75) is 25.2 Å². The molecule has 10 nitrogen and oxygen atoms in total. The van der Waals surface area contributed by atoms with Gasteiger partial charge in [-0.1, -0.05) is 6.07 Å². The molecule has 0 bridgehead atoms. The van der Waals surface area contributed by atoms with Crippen molar-refractivity contribution in [2.75, 3.05) is 49.8 Å². The van der Waals surface area contributed by atoms with Crippen LogP contribution in [0.4, 0.5) is 0 Å². The van der Waals surface area contributed by atoms with E-state index >= 15 is 0 Å². The number of methoxy groups -OCH3 is 7. The van der Waals surface area contributed by atoms with Crippen molar-refractivity contribution in [2.24, 2.45) is 0 Å². The minimum absolute atomic E-state index is 0.115.